The Hall–Kier alpha value is -0.900. The van der Waals surface area contributed by atoms with Crippen LogP contribution >= 0.6 is 0 Å². The molecule has 100 valence electrons. The van der Waals surface area contributed by atoms with Crippen LogP contribution in [0.4, 0.5) is 0 Å². The Bertz CT molecular complexity index is 342. The van der Waals surface area contributed by atoms with E-state index in [0.29, 0.717) is 25.4 Å². The summed E-state index contributed by atoms with van der Waals surface area (Å²) in [6.07, 6.45) is 2.53. The van der Waals surface area contributed by atoms with E-state index in [1.165, 1.54) is 5.56 Å². The van der Waals surface area contributed by atoms with Crippen LogP contribution in [0.5, 0.6) is 0 Å². The Morgan fingerprint density at radius 1 is 1.22 bits per heavy atom. The Kier molecular flexibility index (Phi) is 5.17. The predicted octanol–water partition coefficient (Wildman–Crippen LogP) is 1.96. The quantitative estimate of drug-likeness (QED) is 0.719. The minimum atomic E-state index is 0.338. The van der Waals surface area contributed by atoms with Crippen molar-refractivity contribution in [2.45, 2.75) is 25.0 Å². The van der Waals surface area contributed by atoms with Crippen LogP contribution in [0.2, 0.25) is 0 Å². The maximum Gasteiger partial charge on any atom is 0.0746 e. The summed E-state index contributed by atoms with van der Waals surface area (Å²) in [4.78, 5) is 2.41. The predicted molar refractivity (Wildman–Crippen MR) is 72.8 cm³/mol. The molecule has 0 saturated carbocycles. The zero-order valence-electron chi connectivity index (χ0n) is 11.3. The van der Waals surface area contributed by atoms with Gasteiger partial charge < -0.3 is 14.4 Å². The minimum absolute atomic E-state index is 0.338. The number of benzene rings is 1. The van der Waals surface area contributed by atoms with Crippen molar-refractivity contribution in [3.05, 3.63) is 35.9 Å². The Balaban J connectivity index is 1.91. The molecule has 1 aliphatic heterocycles. The van der Waals surface area contributed by atoms with Crippen molar-refractivity contribution in [2.24, 2.45) is 0 Å². The van der Waals surface area contributed by atoms with Crippen molar-refractivity contribution in [2.75, 3.05) is 33.9 Å². The Labute approximate surface area is 110 Å². The second-order valence-electron chi connectivity index (χ2n) is 4.93. The average Bonchev–Trinajstić information content (AvgIpc) is 2.73. The summed E-state index contributed by atoms with van der Waals surface area (Å²) >= 11 is 0. The smallest absolute Gasteiger partial charge is 0.0746 e. The molecule has 0 radical (unpaired) electrons. The van der Waals surface area contributed by atoms with Gasteiger partial charge in [-0.15, -0.1) is 0 Å². The lowest BCUT2D eigenvalue weighted by atomic mass is 10.0. The summed E-state index contributed by atoms with van der Waals surface area (Å²) in [5.41, 5.74) is 1.39. The topological polar surface area (TPSA) is 21.7 Å². The van der Waals surface area contributed by atoms with E-state index in [9.17, 15) is 0 Å². The van der Waals surface area contributed by atoms with Crippen molar-refractivity contribution in [3.8, 4) is 0 Å². The number of methoxy groups -OCH3 is 1. The summed E-state index contributed by atoms with van der Waals surface area (Å²) in [6.45, 7) is 2.49. The van der Waals surface area contributed by atoms with Gasteiger partial charge in [0, 0.05) is 19.7 Å². The fourth-order valence-corrected chi connectivity index (χ4v) is 2.59. The molecule has 0 bridgehead atoms. The van der Waals surface area contributed by atoms with Gasteiger partial charge in [0.15, 0.2) is 0 Å². The van der Waals surface area contributed by atoms with Crippen LogP contribution in [0, 0.1) is 0 Å². The van der Waals surface area contributed by atoms with Crippen LogP contribution in [0.1, 0.15) is 12.0 Å². The molecule has 1 heterocycles. The maximum absolute atomic E-state index is 5.93. The summed E-state index contributed by atoms with van der Waals surface area (Å²) in [5, 5.41) is 0. The molecule has 0 amide bonds. The lowest BCUT2D eigenvalue weighted by molar-refractivity contribution is 0.00214. The zero-order chi connectivity index (χ0) is 12.8. The van der Waals surface area contributed by atoms with E-state index < -0.39 is 0 Å². The van der Waals surface area contributed by atoms with Gasteiger partial charge in [-0.2, -0.15) is 0 Å². The molecule has 2 atom stereocenters. The van der Waals surface area contributed by atoms with E-state index in [-0.39, 0.29) is 0 Å². The number of ether oxygens (including phenoxy) is 2. The Morgan fingerprint density at radius 3 is 2.72 bits per heavy atom. The van der Waals surface area contributed by atoms with Crippen molar-refractivity contribution < 1.29 is 9.47 Å². The highest BCUT2D eigenvalue weighted by atomic mass is 16.5. The van der Waals surface area contributed by atoms with Crippen molar-refractivity contribution >= 4 is 0 Å². The number of hydrogen-bond donors (Lipinski definition) is 0. The molecule has 1 fully saturated rings. The standard InChI is InChI=1S/C15H23NO2/c1-16-9-8-15(18-11-10-17-2)14(16)12-13-6-4-3-5-7-13/h3-7,14-15H,8-12H2,1-2H3/t14-,15-/m1/s1. The van der Waals surface area contributed by atoms with Crippen LogP contribution in [-0.4, -0.2) is 51.0 Å². The molecule has 2 rings (SSSR count). The van der Waals surface area contributed by atoms with E-state index in [4.69, 9.17) is 9.47 Å². The van der Waals surface area contributed by atoms with Crippen LogP contribution in [0.15, 0.2) is 30.3 Å². The molecule has 1 saturated heterocycles. The lowest BCUT2D eigenvalue weighted by Crippen LogP contribution is -2.36. The number of rotatable bonds is 6. The fourth-order valence-electron chi connectivity index (χ4n) is 2.59. The molecule has 0 N–H and O–H groups in total. The van der Waals surface area contributed by atoms with Gasteiger partial charge >= 0.3 is 0 Å². The van der Waals surface area contributed by atoms with Gasteiger partial charge in [0.25, 0.3) is 0 Å². The number of likely N-dealkylation sites (N-methyl/N-ethyl adjacent to an activating group) is 1. The van der Waals surface area contributed by atoms with E-state index >= 15 is 0 Å². The monoisotopic (exact) mass is 249 g/mol. The summed E-state index contributed by atoms with van der Waals surface area (Å²) < 4.78 is 11.0. The van der Waals surface area contributed by atoms with Crippen LogP contribution < -0.4 is 0 Å². The molecule has 1 aliphatic rings. The van der Waals surface area contributed by atoms with Gasteiger partial charge in [0.05, 0.1) is 19.3 Å². The van der Waals surface area contributed by atoms with Gasteiger partial charge in [-0.3, -0.25) is 0 Å². The third kappa shape index (κ3) is 3.55. The normalized spacial score (nSPS) is 24.6. The molecule has 0 aliphatic carbocycles. The molecule has 3 nitrogen and oxygen atoms in total. The van der Waals surface area contributed by atoms with Crippen LogP contribution in [-0.2, 0) is 15.9 Å². The van der Waals surface area contributed by atoms with E-state index in [0.717, 1.165) is 19.4 Å². The third-order valence-corrected chi connectivity index (χ3v) is 3.67. The van der Waals surface area contributed by atoms with Crippen molar-refractivity contribution in [1.29, 1.82) is 0 Å². The number of likely N-dealkylation sites (tertiary alicyclic amines) is 1. The zero-order valence-corrected chi connectivity index (χ0v) is 11.3. The highest BCUT2D eigenvalue weighted by Gasteiger charge is 2.32. The molecule has 1 aromatic rings. The molecular formula is C15H23NO2. The van der Waals surface area contributed by atoms with Crippen molar-refractivity contribution in [3.63, 3.8) is 0 Å². The molecule has 0 unspecified atom stereocenters. The SMILES string of the molecule is COCCO[C@@H]1CCN(C)[C@@H]1Cc1ccccc1. The van der Waals surface area contributed by atoms with Gasteiger partial charge in [-0.25, -0.2) is 0 Å². The maximum atomic E-state index is 5.93. The van der Waals surface area contributed by atoms with E-state index in [2.05, 4.69) is 42.3 Å². The molecular weight excluding hydrogens is 226 g/mol. The molecule has 18 heavy (non-hydrogen) atoms. The minimum Gasteiger partial charge on any atom is -0.382 e. The first-order valence-corrected chi connectivity index (χ1v) is 6.66. The average molecular weight is 249 g/mol. The number of hydrogen-bond acceptors (Lipinski definition) is 3. The summed E-state index contributed by atoms with van der Waals surface area (Å²) in [6, 6.07) is 11.1. The second kappa shape index (κ2) is 6.88. The van der Waals surface area contributed by atoms with Gasteiger partial charge in [0.1, 0.15) is 0 Å². The Morgan fingerprint density at radius 2 is 2.00 bits per heavy atom. The van der Waals surface area contributed by atoms with Crippen LogP contribution in [0.25, 0.3) is 0 Å². The van der Waals surface area contributed by atoms with Crippen LogP contribution in [0.3, 0.4) is 0 Å². The van der Waals surface area contributed by atoms with Crippen molar-refractivity contribution in [1.82, 2.24) is 4.90 Å². The third-order valence-electron chi connectivity index (χ3n) is 3.67. The van der Waals surface area contributed by atoms with E-state index in [1.807, 2.05) is 0 Å². The first-order chi connectivity index (χ1) is 8.81. The fraction of sp³-hybridized carbons (Fsp3) is 0.600. The lowest BCUT2D eigenvalue weighted by Gasteiger charge is -2.25. The first-order valence-electron chi connectivity index (χ1n) is 6.66. The molecule has 3 heteroatoms. The highest BCUT2D eigenvalue weighted by Crippen LogP contribution is 2.22. The number of nitrogens with zero attached hydrogens (tertiary/aromatic N) is 1. The largest absolute Gasteiger partial charge is 0.382 e. The highest BCUT2D eigenvalue weighted by molar-refractivity contribution is 5.16. The molecule has 0 aromatic heterocycles. The molecule has 1 aromatic carbocycles. The van der Waals surface area contributed by atoms with Gasteiger partial charge in [-0.1, -0.05) is 30.3 Å². The van der Waals surface area contributed by atoms with E-state index in [1.54, 1.807) is 7.11 Å². The summed E-state index contributed by atoms with van der Waals surface area (Å²) in [5.74, 6) is 0. The first kappa shape index (κ1) is 13.5. The second-order valence-corrected chi connectivity index (χ2v) is 4.93. The van der Waals surface area contributed by atoms with Gasteiger partial charge in [0.2, 0.25) is 0 Å². The molecule has 0 spiro atoms. The summed E-state index contributed by atoms with van der Waals surface area (Å²) in [7, 11) is 3.90. The van der Waals surface area contributed by atoms with Gasteiger partial charge in [-0.05, 0) is 25.5 Å².